The van der Waals surface area contributed by atoms with Crippen molar-refractivity contribution in [2.45, 2.75) is 47.0 Å². The lowest BCUT2D eigenvalue weighted by Crippen LogP contribution is -1.96. The molecule has 0 radical (unpaired) electrons. The van der Waals surface area contributed by atoms with Crippen molar-refractivity contribution >= 4 is 16.3 Å². The van der Waals surface area contributed by atoms with E-state index in [1.807, 2.05) is 0 Å². The number of aromatic nitrogens is 1. The monoisotopic (exact) mass is 329 g/mol. The van der Waals surface area contributed by atoms with Crippen LogP contribution in [0.2, 0.25) is 0 Å². The van der Waals surface area contributed by atoms with E-state index in [1.165, 1.54) is 38.6 Å². The molecule has 3 aromatic rings. The molecule has 0 amide bonds. The van der Waals surface area contributed by atoms with Gasteiger partial charge < -0.3 is 0 Å². The molecule has 0 atom stereocenters. The first kappa shape index (κ1) is 17.4. The highest BCUT2D eigenvalue weighted by Crippen LogP contribution is 2.35. The lowest BCUT2D eigenvalue weighted by atomic mass is 9.92. The maximum atomic E-state index is 4.94. The van der Waals surface area contributed by atoms with E-state index in [0.29, 0.717) is 0 Å². The summed E-state index contributed by atoms with van der Waals surface area (Å²) >= 11 is 0. The average Bonchev–Trinajstić information content (AvgIpc) is 2.61. The predicted molar refractivity (Wildman–Crippen MR) is 110 cm³/mol. The summed E-state index contributed by atoms with van der Waals surface area (Å²) in [6, 6.07) is 15.2. The first-order chi connectivity index (χ1) is 12.2. The van der Waals surface area contributed by atoms with Gasteiger partial charge in [-0.25, -0.2) is 0 Å². The molecule has 1 nitrogen and oxygen atoms in total. The summed E-state index contributed by atoms with van der Waals surface area (Å²) < 4.78 is 0. The highest BCUT2D eigenvalue weighted by molar-refractivity contribution is 6.01. The molecule has 0 bridgehead atoms. The molecule has 0 saturated heterocycles. The van der Waals surface area contributed by atoms with Crippen molar-refractivity contribution in [3.8, 4) is 11.3 Å². The molecule has 0 aliphatic carbocycles. The van der Waals surface area contributed by atoms with Crippen LogP contribution in [-0.4, -0.2) is 4.98 Å². The quantitative estimate of drug-likeness (QED) is 0.486. The van der Waals surface area contributed by atoms with Crippen molar-refractivity contribution in [2.75, 3.05) is 0 Å². The molecular formula is C24H27N. The van der Waals surface area contributed by atoms with Crippen LogP contribution in [0.25, 0.3) is 27.6 Å². The van der Waals surface area contributed by atoms with Gasteiger partial charge in [0.1, 0.15) is 0 Å². The summed E-state index contributed by atoms with van der Waals surface area (Å²) in [4.78, 5) is 4.94. The summed E-state index contributed by atoms with van der Waals surface area (Å²) in [5.41, 5.74) is 7.63. The SMILES string of the molecule is CC/C=C(/CCC)c1cnc(-c2c(C)cccc2C)c2ccccc12. The van der Waals surface area contributed by atoms with Gasteiger partial charge in [0.25, 0.3) is 0 Å². The number of pyridine rings is 1. The van der Waals surface area contributed by atoms with Gasteiger partial charge in [-0.15, -0.1) is 0 Å². The van der Waals surface area contributed by atoms with Crippen LogP contribution >= 0.6 is 0 Å². The predicted octanol–water partition coefficient (Wildman–Crippen LogP) is 7.11. The molecule has 128 valence electrons. The number of allylic oxidation sites excluding steroid dienone is 2. The Hall–Kier alpha value is -2.41. The molecular weight excluding hydrogens is 302 g/mol. The first-order valence-electron chi connectivity index (χ1n) is 9.31. The van der Waals surface area contributed by atoms with Crippen LogP contribution in [0.1, 0.15) is 49.8 Å². The zero-order chi connectivity index (χ0) is 17.8. The van der Waals surface area contributed by atoms with Crippen molar-refractivity contribution in [2.24, 2.45) is 0 Å². The van der Waals surface area contributed by atoms with E-state index in [-0.39, 0.29) is 0 Å². The molecule has 0 aliphatic rings. The molecule has 1 heterocycles. The van der Waals surface area contributed by atoms with Gasteiger partial charge in [0.05, 0.1) is 5.69 Å². The Morgan fingerprint density at radius 3 is 2.24 bits per heavy atom. The molecule has 0 saturated carbocycles. The van der Waals surface area contributed by atoms with Crippen molar-refractivity contribution in [1.29, 1.82) is 0 Å². The van der Waals surface area contributed by atoms with Gasteiger partial charge in [-0.05, 0) is 48.8 Å². The van der Waals surface area contributed by atoms with Crippen LogP contribution in [0.5, 0.6) is 0 Å². The summed E-state index contributed by atoms with van der Waals surface area (Å²) in [6.45, 7) is 8.79. The summed E-state index contributed by atoms with van der Waals surface area (Å²) in [7, 11) is 0. The van der Waals surface area contributed by atoms with Gasteiger partial charge in [0.15, 0.2) is 0 Å². The minimum absolute atomic E-state index is 1.06. The Balaban J connectivity index is 2.29. The summed E-state index contributed by atoms with van der Waals surface area (Å²) in [5.74, 6) is 0. The van der Waals surface area contributed by atoms with Crippen molar-refractivity contribution in [3.63, 3.8) is 0 Å². The molecule has 1 aromatic heterocycles. The van der Waals surface area contributed by atoms with Crippen LogP contribution < -0.4 is 0 Å². The van der Waals surface area contributed by atoms with E-state index in [1.54, 1.807) is 0 Å². The lowest BCUT2D eigenvalue weighted by Gasteiger charge is -2.16. The topological polar surface area (TPSA) is 12.9 Å². The molecule has 0 fully saturated rings. The van der Waals surface area contributed by atoms with Gasteiger partial charge in [-0.2, -0.15) is 0 Å². The molecule has 25 heavy (non-hydrogen) atoms. The third-order valence-corrected chi connectivity index (χ3v) is 4.83. The Bertz CT molecular complexity index is 898. The van der Waals surface area contributed by atoms with Crippen molar-refractivity contribution in [3.05, 3.63) is 71.4 Å². The Morgan fingerprint density at radius 1 is 0.920 bits per heavy atom. The van der Waals surface area contributed by atoms with Gasteiger partial charge in [-0.1, -0.05) is 68.8 Å². The third kappa shape index (κ3) is 3.37. The number of fused-ring (bicyclic) bond motifs is 1. The lowest BCUT2D eigenvalue weighted by molar-refractivity contribution is 0.967. The summed E-state index contributed by atoms with van der Waals surface area (Å²) in [5, 5.41) is 2.55. The van der Waals surface area contributed by atoms with Crippen LogP contribution in [0, 0.1) is 13.8 Å². The van der Waals surface area contributed by atoms with E-state index in [0.717, 1.165) is 25.0 Å². The Kier molecular flexibility index (Phi) is 5.33. The molecule has 0 aliphatic heterocycles. The van der Waals surface area contributed by atoms with Gasteiger partial charge in [0.2, 0.25) is 0 Å². The first-order valence-corrected chi connectivity index (χ1v) is 9.31. The fourth-order valence-electron chi connectivity index (χ4n) is 3.70. The zero-order valence-electron chi connectivity index (χ0n) is 15.8. The van der Waals surface area contributed by atoms with E-state index < -0.39 is 0 Å². The van der Waals surface area contributed by atoms with Gasteiger partial charge >= 0.3 is 0 Å². The molecule has 1 heteroatoms. The second kappa shape index (κ2) is 7.65. The number of aryl methyl sites for hydroxylation is 2. The molecule has 3 rings (SSSR count). The minimum Gasteiger partial charge on any atom is -0.255 e. The fourth-order valence-corrected chi connectivity index (χ4v) is 3.70. The Labute approximate surface area is 151 Å². The standard InChI is InChI=1S/C24H27N/c1-5-10-19(11-6-2)22-16-25-24(21-15-8-7-14-20(21)22)23-17(3)12-9-13-18(23)4/h7-10,12-16H,5-6,11H2,1-4H3/b19-10-. The van der Waals surface area contributed by atoms with Crippen LogP contribution in [0.15, 0.2) is 54.7 Å². The highest BCUT2D eigenvalue weighted by Gasteiger charge is 2.14. The summed E-state index contributed by atoms with van der Waals surface area (Å²) in [6.07, 6.45) is 7.75. The maximum Gasteiger partial charge on any atom is 0.0786 e. The van der Waals surface area contributed by atoms with Crippen LogP contribution in [-0.2, 0) is 0 Å². The average molecular weight is 329 g/mol. The normalized spacial score (nSPS) is 11.9. The van der Waals surface area contributed by atoms with Gasteiger partial charge in [-0.3, -0.25) is 4.98 Å². The smallest absolute Gasteiger partial charge is 0.0786 e. The molecule has 2 aromatic carbocycles. The maximum absolute atomic E-state index is 4.94. The van der Waals surface area contributed by atoms with E-state index >= 15 is 0 Å². The second-order valence-electron chi connectivity index (χ2n) is 6.72. The number of rotatable bonds is 5. The van der Waals surface area contributed by atoms with Crippen LogP contribution in [0.4, 0.5) is 0 Å². The van der Waals surface area contributed by atoms with Crippen LogP contribution in [0.3, 0.4) is 0 Å². The molecule has 0 unspecified atom stereocenters. The molecule has 0 N–H and O–H groups in total. The largest absolute Gasteiger partial charge is 0.255 e. The minimum atomic E-state index is 1.06. The van der Waals surface area contributed by atoms with Crippen molar-refractivity contribution < 1.29 is 0 Å². The van der Waals surface area contributed by atoms with Gasteiger partial charge in [0, 0.05) is 22.7 Å². The number of nitrogens with zero attached hydrogens (tertiary/aromatic N) is 1. The fraction of sp³-hybridized carbons (Fsp3) is 0.292. The second-order valence-corrected chi connectivity index (χ2v) is 6.72. The zero-order valence-corrected chi connectivity index (χ0v) is 15.8. The van der Waals surface area contributed by atoms with E-state index in [9.17, 15) is 0 Å². The van der Waals surface area contributed by atoms with E-state index in [4.69, 9.17) is 4.98 Å². The number of hydrogen-bond acceptors (Lipinski definition) is 1. The van der Waals surface area contributed by atoms with Crippen molar-refractivity contribution in [1.82, 2.24) is 4.98 Å². The number of benzene rings is 2. The molecule has 0 spiro atoms. The Morgan fingerprint density at radius 2 is 1.60 bits per heavy atom. The number of hydrogen-bond donors (Lipinski definition) is 0. The third-order valence-electron chi connectivity index (χ3n) is 4.83. The highest BCUT2D eigenvalue weighted by atomic mass is 14.7. The van der Waals surface area contributed by atoms with E-state index in [2.05, 4.69) is 82.4 Å².